The predicted molar refractivity (Wildman–Crippen MR) is 104 cm³/mol. The quantitative estimate of drug-likeness (QED) is 0.832. The largest absolute Gasteiger partial charge is 0.459 e. The van der Waals surface area contributed by atoms with Crippen LogP contribution in [0.2, 0.25) is 0 Å². The van der Waals surface area contributed by atoms with Crippen LogP contribution >= 0.6 is 0 Å². The van der Waals surface area contributed by atoms with Crippen molar-refractivity contribution in [3.8, 4) is 0 Å². The molecular formula is C21H23N3O4. The van der Waals surface area contributed by atoms with E-state index >= 15 is 0 Å². The summed E-state index contributed by atoms with van der Waals surface area (Å²) in [6.07, 6.45) is 5.67. The van der Waals surface area contributed by atoms with Crippen LogP contribution in [0.4, 0.5) is 11.4 Å². The van der Waals surface area contributed by atoms with E-state index in [1.165, 1.54) is 6.26 Å². The molecule has 1 aliphatic heterocycles. The van der Waals surface area contributed by atoms with E-state index in [0.717, 1.165) is 25.7 Å². The Hall–Kier alpha value is -3.09. The Morgan fingerprint density at radius 2 is 1.68 bits per heavy atom. The number of benzene rings is 1. The van der Waals surface area contributed by atoms with Crippen LogP contribution in [-0.4, -0.2) is 35.2 Å². The van der Waals surface area contributed by atoms with E-state index in [2.05, 4.69) is 10.6 Å². The summed E-state index contributed by atoms with van der Waals surface area (Å²) in [6.45, 7) is 0.523. The van der Waals surface area contributed by atoms with Gasteiger partial charge in [0.2, 0.25) is 11.8 Å². The fraction of sp³-hybridized carbons (Fsp3) is 0.381. The number of carbonyl (C=O) groups excluding carboxylic acids is 3. The zero-order valence-electron chi connectivity index (χ0n) is 15.5. The smallest absolute Gasteiger partial charge is 0.290 e. The first-order chi connectivity index (χ1) is 13.6. The van der Waals surface area contributed by atoms with Gasteiger partial charge in [-0.1, -0.05) is 6.07 Å². The van der Waals surface area contributed by atoms with Crippen molar-refractivity contribution in [2.75, 3.05) is 17.2 Å². The van der Waals surface area contributed by atoms with E-state index < -0.39 is 6.04 Å². The molecule has 2 heterocycles. The van der Waals surface area contributed by atoms with Crippen LogP contribution < -0.4 is 10.6 Å². The normalized spacial score (nSPS) is 19.1. The first-order valence-electron chi connectivity index (χ1n) is 9.68. The van der Waals surface area contributed by atoms with Gasteiger partial charge in [0, 0.05) is 23.8 Å². The second kappa shape index (κ2) is 7.88. The van der Waals surface area contributed by atoms with Crippen molar-refractivity contribution >= 4 is 29.1 Å². The molecule has 146 valence electrons. The van der Waals surface area contributed by atoms with Gasteiger partial charge in [-0.05, 0) is 62.4 Å². The van der Waals surface area contributed by atoms with Gasteiger partial charge in [-0.15, -0.1) is 0 Å². The zero-order valence-corrected chi connectivity index (χ0v) is 15.5. The van der Waals surface area contributed by atoms with Crippen molar-refractivity contribution < 1.29 is 18.8 Å². The topological polar surface area (TPSA) is 91.7 Å². The molecule has 2 fully saturated rings. The number of hydrogen-bond acceptors (Lipinski definition) is 4. The standard InChI is InChI=1S/C21H23N3O4/c25-19(14-9-10-14)22-15-5-3-6-16(13-15)23-20(26)17-7-1-2-11-24(17)21(27)18-8-4-12-28-18/h3-6,8,12-14,17H,1-2,7,9-11H2,(H,22,25)(H,23,26). The van der Waals surface area contributed by atoms with Crippen LogP contribution in [0, 0.1) is 5.92 Å². The number of rotatable bonds is 5. The number of carbonyl (C=O) groups is 3. The van der Waals surface area contributed by atoms with Crippen LogP contribution in [0.3, 0.4) is 0 Å². The molecule has 1 aromatic carbocycles. The highest BCUT2D eigenvalue weighted by atomic mass is 16.3. The monoisotopic (exact) mass is 381 g/mol. The number of hydrogen-bond donors (Lipinski definition) is 2. The third-order valence-corrected chi connectivity index (χ3v) is 5.14. The lowest BCUT2D eigenvalue weighted by atomic mass is 10.0. The minimum atomic E-state index is -0.545. The Kier molecular flexibility index (Phi) is 5.14. The Morgan fingerprint density at radius 1 is 0.929 bits per heavy atom. The molecule has 0 spiro atoms. The molecule has 3 amide bonds. The summed E-state index contributed by atoms with van der Waals surface area (Å²) in [7, 11) is 0. The highest BCUT2D eigenvalue weighted by molar-refractivity contribution is 6.01. The Labute approximate surface area is 163 Å². The summed E-state index contributed by atoms with van der Waals surface area (Å²) >= 11 is 0. The van der Waals surface area contributed by atoms with E-state index in [0.29, 0.717) is 24.3 Å². The van der Waals surface area contributed by atoms with Crippen LogP contribution in [0.25, 0.3) is 0 Å². The maximum atomic E-state index is 12.9. The highest BCUT2D eigenvalue weighted by Gasteiger charge is 2.34. The van der Waals surface area contributed by atoms with Gasteiger partial charge < -0.3 is 20.0 Å². The van der Waals surface area contributed by atoms with Crippen LogP contribution in [0.1, 0.15) is 42.7 Å². The molecule has 7 heteroatoms. The highest BCUT2D eigenvalue weighted by Crippen LogP contribution is 2.30. The van der Waals surface area contributed by atoms with Crippen molar-refractivity contribution in [2.45, 2.75) is 38.1 Å². The second-order valence-corrected chi connectivity index (χ2v) is 7.32. The number of piperidine rings is 1. The lowest BCUT2D eigenvalue weighted by molar-refractivity contribution is -0.121. The Balaban J connectivity index is 1.44. The molecule has 2 aliphatic rings. The fourth-order valence-electron chi connectivity index (χ4n) is 3.48. The lowest BCUT2D eigenvalue weighted by Gasteiger charge is -2.34. The molecule has 0 bridgehead atoms. The summed E-state index contributed by atoms with van der Waals surface area (Å²) < 4.78 is 5.21. The average Bonchev–Trinajstić information content (AvgIpc) is 3.42. The van der Waals surface area contributed by atoms with Crippen molar-refractivity contribution in [1.29, 1.82) is 0 Å². The van der Waals surface area contributed by atoms with E-state index in [-0.39, 0.29) is 29.4 Å². The molecule has 1 aromatic heterocycles. The van der Waals surface area contributed by atoms with Crippen LogP contribution in [0.5, 0.6) is 0 Å². The van der Waals surface area contributed by atoms with Gasteiger partial charge in [-0.3, -0.25) is 14.4 Å². The number of furan rings is 1. The van der Waals surface area contributed by atoms with Crippen molar-refractivity contribution in [1.82, 2.24) is 4.90 Å². The summed E-state index contributed by atoms with van der Waals surface area (Å²) in [5.41, 5.74) is 1.25. The third-order valence-electron chi connectivity index (χ3n) is 5.14. The summed E-state index contributed by atoms with van der Waals surface area (Å²) in [4.78, 5) is 39.1. The van der Waals surface area contributed by atoms with Gasteiger partial charge in [-0.25, -0.2) is 0 Å². The summed E-state index contributed by atoms with van der Waals surface area (Å²) in [5, 5.41) is 5.76. The van der Waals surface area contributed by atoms with Gasteiger partial charge in [0.1, 0.15) is 6.04 Å². The molecule has 1 saturated carbocycles. The van der Waals surface area contributed by atoms with E-state index in [1.54, 1.807) is 41.3 Å². The first kappa shape index (κ1) is 18.3. The van der Waals surface area contributed by atoms with E-state index in [4.69, 9.17) is 4.42 Å². The first-order valence-corrected chi connectivity index (χ1v) is 9.68. The number of likely N-dealkylation sites (tertiary alicyclic amines) is 1. The van der Waals surface area contributed by atoms with Crippen LogP contribution in [0.15, 0.2) is 47.1 Å². The molecule has 2 aromatic rings. The minimum absolute atomic E-state index is 0.0194. The van der Waals surface area contributed by atoms with Gasteiger partial charge in [0.15, 0.2) is 5.76 Å². The van der Waals surface area contributed by atoms with Crippen molar-refractivity contribution in [2.24, 2.45) is 5.92 Å². The van der Waals surface area contributed by atoms with Crippen molar-refractivity contribution in [3.05, 3.63) is 48.4 Å². The Bertz CT molecular complexity index is 874. The average molecular weight is 381 g/mol. The molecule has 4 rings (SSSR count). The predicted octanol–water partition coefficient (Wildman–Crippen LogP) is 3.26. The number of amides is 3. The molecule has 2 N–H and O–H groups in total. The van der Waals surface area contributed by atoms with Crippen molar-refractivity contribution in [3.63, 3.8) is 0 Å². The van der Waals surface area contributed by atoms with E-state index in [9.17, 15) is 14.4 Å². The minimum Gasteiger partial charge on any atom is -0.459 e. The van der Waals surface area contributed by atoms with Crippen LogP contribution in [-0.2, 0) is 9.59 Å². The molecule has 1 aliphatic carbocycles. The molecule has 1 unspecified atom stereocenters. The second-order valence-electron chi connectivity index (χ2n) is 7.32. The maximum absolute atomic E-state index is 12.9. The zero-order chi connectivity index (χ0) is 19.5. The fourth-order valence-corrected chi connectivity index (χ4v) is 3.48. The molecule has 28 heavy (non-hydrogen) atoms. The van der Waals surface area contributed by atoms with Gasteiger partial charge in [-0.2, -0.15) is 0 Å². The van der Waals surface area contributed by atoms with E-state index in [1.807, 2.05) is 0 Å². The number of nitrogens with one attached hydrogen (secondary N) is 2. The third kappa shape index (κ3) is 4.08. The number of nitrogens with zero attached hydrogens (tertiary/aromatic N) is 1. The summed E-state index contributed by atoms with van der Waals surface area (Å²) in [6, 6.07) is 9.81. The molecule has 1 atom stereocenters. The van der Waals surface area contributed by atoms with Gasteiger partial charge in [0.25, 0.3) is 5.91 Å². The summed E-state index contributed by atoms with van der Waals surface area (Å²) in [5.74, 6) is -0.127. The number of anilines is 2. The molecular weight excluding hydrogens is 358 g/mol. The van der Waals surface area contributed by atoms with Gasteiger partial charge in [0.05, 0.1) is 6.26 Å². The SMILES string of the molecule is O=C(Nc1cccc(NC(=O)C2CCCCN2C(=O)c2ccco2)c1)C1CC1. The molecule has 0 radical (unpaired) electrons. The lowest BCUT2D eigenvalue weighted by Crippen LogP contribution is -2.49. The molecule has 1 saturated heterocycles. The maximum Gasteiger partial charge on any atom is 0.290 e. The van der Waals surface area contributed by atoms with Gasteiger partial charge >= 0.3 is 0 Å². The Morgan fingerprint density at radius 3 is 2.36 bits per heavy atom. The molecule has 7 nitrogen and oxygen atoms in total.